The molecular formula is C13H16N2OS. The molecule has 0 bridgehead atoms. The molecule has 0 radical (unpaired) electrons. The zero-order valence-electron chi connectivity index (χ0n) is 9.77. The molecule has 1 amide bonds. The highest BCUT2D eigenvalue weighted by Gasteiger charge is 2.08. The van der Waals surface area contributed by atoms with Crippen LogP contribution in [0.25, 0.3) is 10.1 Å². The molecule has 0 fully saturated rings. The quantitative estimate of drug-likeness (QED) is 0.874. The molecule has 0 saturated carbocycles. The van der Waals surface area contributed by atoms with Crippen molar-refractivity contribution in [1.82, 2.24) is 0 Å². The molecule has 0 saturated heterocycles. The highest BCUT2D eigenvalue weighted by Crippen LogP contribution is 2.24. The number of fused-ring (bicyclic) bond motifs is 1. The molecule has 0 aliphatic heterocycles. The molecule has 1 atom stereocenters. The van der Waals surface area contributed by atoms with E-state index in [2.05, 4.69) is 5.32 Å². The maximum absolute atomic E-state index is 11.7. The van der Waals surface area contributed by atoms with E-state index >= 15 is 0 Å². The van der Waals surface area contributed by atoms with Crippen LogP contribution < -0.4 is 11.1 Å². The van der Waals surface area contributed by atoms with E-state index in [1.807, 2.05) is 36.6 Å². The average Bonchev–Trinajstić information content (AvgIpc) is 2.75. The van der Waals surface area contributed by atoms with Gasteiger partial charge in [0.15, 0.2) is 0 Å². The average molecular weight is 248 g/mol. The lowest BCUT2D eigenvalue weighted by atomic mass is 10.1. The molecule has 1 heterocycles. The Hall–Kier alpha value is -1.39. The monoisotopic (exact) mass is 248 g/mol. The van der Waals surface area contributed by atoms with Gasteiger partial charge in [0, 0.05) is 22.8 Å². The van der Waals surface area contributed by atoms with Crippen molar-refractivity contribution in [3.05, 3.63) is 29.6 Å². The fraction of sp³-hybridized carbons (Fsp3) is 0.308. The third-order valence-corrected chi connectivity index (χ3v) is 3.61. The lowest BCUT2D eigenvalue weighted by molar-refractivity contribution is -0.116. The molecule has 0 aliphatic rings. The van der Waals surface area contributed by atoms with Crippen LogP contribution in [0.2, 0.25) is 0 Å². The number of benzene rings is 1. The summed E-state index contributed by atoms with van der Waals surface area (Å²) in [6, 6.07) is 7.93. The van der Waals surface area contributed by atoms with Crippen molar-refractivity contribution in [2.45, 2.75) is 25.8 Å². The van der Waals surface area contributed by atoms with E-state index in [1.165, 1.54) is 4.70 Å². The van der Waals surface area contributed by atoms with Gasteiger partial charge in [-0.2, -0.15) is 0 Å². The van der Waals surface area contributed by atoms with Crippen LogP contribution in [0.1, 0.15) is 19.8 Å². The molecule has 0 spiro atoms. The van der Waals surface area contributed by atoms with Gasteiger partial charge in [-0.15, -0.1) is 11.3 Å². The maximum atomic E-state index is 11.7. The second kappa shape index (κ2) is 5.29. The van der Waals surface area contributed by atoms with Crippen LogP contribution in [0.3, 0.4) is 0 Å². The van der Waals surface area contributed by atoms with Crippen molar-refractivity contribution >= 4 is 33.0 Å². The predicted octanol–water partition coefficient (Wildman–Crippen LogP) is 2.97. The second-order valence-corrected chi connectivity index (χ2v) is 5.04. The SMILES string of the molecule is CCC(N)CC(=O)Nc1ccc2sccc2c1. The largest absolute Gasteiger partial charge is 0.327 e. The van der Waals surface area contributed by atoms with Gasteiger partial charge in [-0.05, 0) is 41.5 Å². The van der Waals surface area contributed by atoms with Gasteiger partial charge in [0.1, 0.15) is 0 Å². The number of amides is 1. The van der Waals surface area contributed by atoms with Crippen molar-refractivity contribution in [1.29, 1.82) is 0 Å². The molecule has 1 unspecified atom stereocenters. The van der Waals surface area contributed by atoms with E-state index in [0.717, 1.165) is 17.5 Å². The van der Waals surface area contributed by atoms with Gasteiger partial charge >= 0.3 is 0 Å². The summed E-state index contributed by atoms with van der Waals surface area (Å²) in [5.41, 5.74) is 6.58. The van der Waals surface area contributed by atoms with Crippen molar-refractivity contribution < 1.29 is 4.79 Å². The maximum Gasteiger partial charge on any atom is 0.225 e. The van der Waals surface area contributed by atoms with Crippen molar-refractivity contribution in [2.75, 3.05) is 5.32 Å². The van der Waals surface area contributed by atoms with Gasteiger partial charge in [0.05, 0.1) is 0 Å². The number of hydrogen-bond donors (Lipinski definition) is 2. The first-order valence-electron chi connectivity index (χ1n) is 5.71. The molecule has 4 heteroatoms. The van der Waals surface area contributed by atoms with Gasteiger partial charge in [-0.1, -0.05) is 6.92 Å². The Kier molecular flexibility index (Phi) is 3.76. The Balaban J connectivity index is 2.05. The zero-order valence-corrected chi connectivity index (χ0v) is 10.6. The lowest BCUT2D eigenvalue weighted by Gasteiger charge is -2.09. The number of rotatable bonds is 4. The third kappa shape index (κ3) is 3.05. The summed E-state index contributed by atoms with van der Waals surface area (Å²) in [5.74, 6) is -0.0195. The van der Waals surface area contributed by atoms with Crippen molar-refractivity contribution in [3.8, 4) is 0 Å². The summed E-state index contributed by atoms with van der Waals surface area (Å²) in [6.45, 7) is 1.98. The Labute approximate surface area is 105 Å². The topological polar surface area (TPSA) is 55.1 Å². The molecule has 3 N–H and O–H groups in total. The molecule has 0 aliphatic carbocycles. The van der Waals surface area contributed by atoms with E-state index in [9.17, 15) is 4.79 Å². The van der Waals surface area contributed by atoms with Crippen LogP contribution in [-0.2, 0) is 4.79 Å². The molecule has 2 aromatic rings. The summed E-state index contributed by atoms with van der Waals surface area (Å²) >= 11 is 1.70. The van der Waals surface area contributed by atoms with E-state index in [4.69, 9.17) is 5.73 Å². The van der Waals surface area contributed by atoms with Crippen LogP contribution in [0.15, 0.2) is 29.6 Å². The van der Waals surface area contributed by atoms with E-state index in [1.54, 1.807) is 11.3 Å². The first-order valence-corrected chi connectivity index (χ1v) is 6.59. The summed E-state index contributed by atoms with van der Waals surface area (Å²) < 4.78 is 1.23. The van der Waals surface area contributed by atoms with E-state index < -0.39 is 0 Å². The number of thiophene rings is 1. The van der Waals surface area contributed by atoms with Crippen molar-refractivity contribution in [2.24, 2.45) is 5.73 Å². The summed E-state index contributed by atoms with van der Waals surface area (Å²) in [5, 5.41) is 6.08. The normalized spacial score (nSPS) is 12.6. The van der Waals surface area contributed by atoms with Crippen molar-refractivity contribution in [3.63, 3.8) is 0 Å². The number of carbonyl (C=O) groups is 1. The van der Waals surface area contributed by atoms with E-state index in [-0.39, 0.29) is 11.9 Å². The van der Waals surface area contributed by atoms with Gasteiger partial charge in [0.25, 0.3) is 0 Å². The van der Waals surface area contributed by atoms with Gasteiger partial charge in [-0.25, -0.2) is 0 Å². The molecule has 3 nitrogen and oxygen atoms in total. The van der Waals surface area contributed by atoms with Crippen LogP contribution in [0, 0.1) is 0 Å². The minimum atomic E-state index is -0.0557. The van der Waals surface area contributed by atoms with Crippen LogP contribution in [-0.4, -0.2) is 11.9 Å². The van der Waals surface area contributed by atoms with Gasteiger partial charge in [-0.3, -0.25) is 4.79 Å². The van der Waals surface area contributed by atoms with Crippen LogP contribution in [0.5, 0.6) is 0 Å². The van der Waals surface area contributed by atoms with E-state index in [0.29, 0.717) is 6.42 Å². The fourth-order valence-corrected chi connectivity index (χ4v) is 2.41. The first kappa shape index (κ1) is 12.1. The molecule has 17 heavy (non-hydrogen) atoms. The number of carbonyl (C=O) groups excluding carboxylic acids is 1. The summed E-state index contributed by atoms with van der Waals surface area (Å²) in [7, 11) is 0. The minimum Gasteiger partial charge on any atom is -0.327 e. The standard InChI is InChI=1S/C13H16N2OS/c1-2-10(14)8-13(16)15-11-3-4-12-9(7-11)5-6-17-12/h3-7,10H,2,8,14H2,1H3,(H,15,16). The van der Waals surface area contributed by atoms with Gasteiger partial charge in [0.2, 0.25) is 5.91 Å². The Morgan fingerprint density at radius 1 is 1.47 bits per heavy atom. The molecule has 1 aromatic carbocycles. The number of hydrogen-bond acceptors (Lipinski definition) is 3. The molecular weight excluding hydrogens is 232 g/mol. The number of nitrogens with two attached hydrogens (primary N) is 1. The summed E-state index contributed by atoms with van der Waals surface area (Å²) in [6.07, 6.45) is 1.19. The molecule has 90 valence electrons. The molecule has 2 rings (SSSR count). The highest BCUT2D eigenvalue weighted by molar-refractivity contribution is 7.17. The number of nitrogens with one attached hydrogen (secondary N) is 1. The van der Waals surface area contributed by atoms with Crippen LogP contribution >= 0.6 is 11.3 Å². The smallest absolute Gasteiger partial charge is 0.225 e. The third-order valence-electron chi connectivity index (χ3n) is 2.71. The fourth-order valence-electron chi connectivity index (χ4n) is 1.64. The first-order chi connectivity index (χ1) is 8.19. The number of anilines is 1. The predicted molar refractivity (Wildman–Crippen MR) is 73.3 cm³/mol. The molecule has 1 aromatic heterocycles. The lowest BCUT2D eigenvalue weighted by Crippen LogP contribution is -2.26. The zero-order chi connectivity index (χ0) is 12.3. The Morgan fingerprint density at radius 2 is 2.29 bits per heavy atom. The Bertz CT molecular complexity index is 521. The summed E-state index contributed by atoms with van der Waals surface area (Å²) in [4.78, 5) is 11.7. The second-order valence-electron chi connectivity index (χ2n) is 4.09. The van der Waals surface area contributed by atoms with Crippen LogP contribution in [0.4, 0.5) is 5.69 Å². The highest BCUT2D eigenvalue weighted by atomic mass is 32.1. The van der Waals surface area contributed by atoms with Gasteiger partial charge < -0.3 is 11.1 Å². The minimum absolute atomic E-state index is 0.0195. The Morgan fingerprint density at radius 3 is 3.06 bits per heavy atom.